The molecule has 0 saturated carbocycles. The lowest BCUT2D eigenvalue weighted by Crippen LogP contribution is -2.07. The standard InChI is InChI=1S/C14H15NO/c1-2-6-14(16)10-13(11-15)9-12-7-4-3-5-8-12/h2-8,13H,9-10H2,1H3/b6-2+. The van der Waals surface area contributed by atoms with Crippen molar-refractivity contribution in [3.05, 3.63) is 48.0 Å². The zero-order chi connectivity index (χ0) is 11.8. The first-order chi connectivity index (χ1) is 7.76. The van der Waals surface area contributed by atoms with E-state index in [9.17, 15) is 4.79 Å². The van der Waals surface area contributed by atoms with Crippen LogP contribution in [0.2, 0.25) is 0 Å². The molecule has 1 aromatic carbocycles. The molecule has 0 amide bonds. The summed E-state index contributed by atoms with van der Waals surface area (Å²) in [4.78, 5) is 11.4. The molecule has 1 atom stereocenters. The van der Waals surface area contributed by atoms with E-state index in [4.69, 9.17) is 5.26 Å². The maximum atomic E-state index is 11.4. The molecule has 0 spiro atoms. The van der Waals surface area contributed by atoms with Gasteiger partial charge in [-0.2, -0.15) is 5.26 Å². The van der Waals surface area contributed by atoms with Crippen molar-refractivity contribution in [1.82, 2.24) is 0 Å². The number of ketones is 1. The summed E-state index contributed by atoms with van der Waals surface area (Å²) < 4.78 is 0. The molecule has 0 radical (unpaired) electrons. The van der Waals surface area contributed by atoms with Crippen LogP contribution in [0.1, 0.15) is 18.9 Å². The summed E-state index contributed by atoms with van der Waals surface area (Å²) in [6, 6.07) is 12.0. The molecule has 1 unspecified atom stereocenters. The minimum absolute atomic E-state index is 0.0185. The lowest BCUT2D eigenvalue weighted by molar-refractivity contribution is -0.115. The fourth-order valence-corrected chi connectivity index (χ4v) is 1.56. The normalized spacial score (nSPS) is 12.2. The average Bonchev–Trinajstić information content (AvgIpc) is 2.30. The van der Waals surface area contributed by atoms with E-state index < -0.39 is 0 Å². The van der Waals surface area contributed by atoms with Crippen LogP contribution in [0.4, 0.5) is 0 Å². The van der Waals surface area contributed by atoms with Gasteiger partial charge in [0, 0.05) is 6.42 Å². The van der Waals surface area contributed by atoms with E-state index >= 15 is 0 Å². The van der Waals surface area contributed by atoms with Gasteiger partial charge in [0.25, 0.3) is 0 Å². The van der Waals surface area contributed by atoms with Crippen LogP contribution in [0.5, 0.6) is 0 Å². The fraction of sp³-hybridized carbons (Fsp3) is 0.286. The van der Waals surface area contributed by atoms with Crippen LogP contribution < -0.4 is 0 Å². The Hall–Kier alpha value is -1.88. The van der Waals surface area contributed by atoms with Gasteiger partial charge in [-0.15, -0.1) is 0 Å². The molecular formula is C14H15NO. The van der Waals surface area contributed by atoms with Gasteiger partial charge >= 0.3 is 0 Å². The van der Waals surface area contributed by atoms with Gasteiger partial charge in [0.1, 0.15) is 0 Å². The summed E-state index contributed by atoms with van der Waals surface area (Å²) in [7, 11) is 0. The number of rotatable bonds is 5. The Bertz CT molecular complexity index is 400. The smallest absolute Gasteiger partial charge is 0.156 e. The van der Waals surface area contributed by atoms with Gasteiger partial charge in [-0.25, -0.2) is 0 Å². The van der Waals surface area contributed by atoms with Crippen molar-refractivity contribution in [2.45, 2.75) is 19.8 Å². The molecule has 1 aromatic rings. The maximum absolute atomic E-state index is 11.4. The number of carbonyl (C=O) groups is 1. The van der Waals surface area contributed by atoms with Crippen LogP contribution >= 0.6 is 0 Å². The monoisotopic (exact) mass is 213 g/mol. The van der Waals surface area contributed by atoms with Crippen LogP contribution in [-0.2, 0) is 11.2 Å². The number of carbonyl (C=O) groups excluding carboxylic acids is 1. The molecule has 1 rings (SSSR count). The lowest BCUT2D eigenvalue weighted by Gasteiger charge is -2.06. The van der Waals surface area contributed by atoms with Crippen LogP contribution in [0.25, 0.3) is 0 Å². The van der Waals surface area contributed by atoms with Crippen molar-refractivity contribution in [2.75, 3.05) is 0 Å². The first-order valence-corrected chi connectivity index (χ1v) is 5.35. The zero-order valence-electron chi connectivity index (χ0n) is 9.39. The van der Waals surface area contributed by atoms with Crippen molar-refractivity contribution in [3.8, 4) is 6.07 Å². The molecule has 0 bridgehead atoms. The van der Waals surface area contributed by atoms with Gasteiger partial charge in [-0.05, 0) is 25.0 Å². The number of nitrogens with zero attached hydrogens (tertiary/aromatic N) is 1. The highest BCUT2D eigenvalue weighted by Gasteiger charge is 2.11. The molecule has 0 saturated heterocycles. The van der Waals surface area contributed by atoms with Gasteiger partial charge in [0.05, 0.1) is 12.0 Å². The fourth-order valence-electron chi connectivity index (χ4n) is 1.56. The number of hydrogen-bond donors (Lipinski definition) is 0. The highest BCUT2D eigenvalue weighted by molar-refractivity contribution is 5.89. The molecule has 0 heterocycles. The van der Waals surface area contributed by atoms with Crippen molar-refractivity contribution in [3.63, 3.8) is 0 Å². The van der Waals surface area contributed by atoms with E-state index in [-0.39, 0.29) is 11.7 Å². The Labute approximate surface area is 96.2 Å². The van der Waals surface area contributed by atoms with Crippen LogP contribution in [-0.4, -0.2) is 5.78 Å². The Morgan fingerprint density at radius 1 is 1.44 bits per heavy atom. The quantitative estimate of drug-likeness (QED) is 0.705. The minimum atomic E-state index is -0.230. The van der Waals surface area contributed by atoms with E-state index in [1.54, 1.807) is 13.0 Å². The van der Waals surface area contributed by atoms with Crippen molar-refractivity contribution >= 4 is 5.78 Å². The number of hydrogen-bond acceptors (Lipinski definition) is 2. The molecule has 0 aliphatic rings. The summed E-state index contributed by atoms with van der Waals surface area (Å²) in [5, 5.41) is 8.98. The first-order valence-electron chi connectivity index (χ1n) is 5.35. The molecule has 0 aliphatic carbocycles. The molecule has 0 fully saturated rings. The van der Waals surface area contributed by atoms with E-state index in [0.717, 1.165) is 5.56 Å². The van der Waals surface area contributed by atoms with Gasteiger partial charge in [0.2, 0.25) is 0 Å². The molecule has 0 aromatic heterocycles. The van der Waals surface area contributed by atoms with Crippen molar-refractivity contribution < 1.29 is 4.79 Å². The van der Waals surface area contributed by atoms with E-state index in [2.05, 4.69) is 6.07 Å². The third kappa shape index (κ3) is 4.10. The first kappa shape index (κ1) is 12.2. The summed E-state index contributed by atoms with van der Waals surface area (Å²) in [5.74, 6) is -0.212. The van der Waals surface area contributed by atoms with Crippen LogP contribution in [0, 0.1) is 17.2 Å². The average molecular weight is 213 g/mol. The van der Waals surface area contributed by atoms with E-state index in [1.807, 2.05) is 30.3 Å². The van der Waals surface area contributed by atoms with Gasteiger partial charge < -0.3 is 0 Å². The second-order valence-electron chi connectivity index (χ2n) is 3.69. The van der Waals surface area contributed by atoms with Crippen molar-refractivity contribution in [2.24, 2.45) is 5.92 Å². The SMILES string of the molecule is C/C=C/C(=O)CC(C#N)Cc1ccccc1. The highest BCUT2D eigenvalue weighted by Crippen LogP contribution is 2.12. The van der Waals surface area contributed by atoms with Crippen LogP contribution in [0.15, 0.2) is 42.5 Å². The number of allylic oxidation sites excluding steroid dienone is 2. The van der Waals surface area contributed by atoms with Gasteiger partial charge in [-0.3, -0.25) is 4.79 Å². The summed E-state index contributed by atoms with van der Waals surface area (Å²) in [6.45, 7) is 1.80. The minimum Gasteiger partial charge on any atom is -0.295 e. The molecule has 16 heavy (non-hydrogen) atoms. The van der Waals surface area contributed by atoms with Gasteiger partial charge in [0.15, 0.2) is 5.78 Å². The molecule has 2 heteroatoms. The van der Waals surface area contributed by atoms with Crippen LogP contribution in [0.3, 0.4) is 0 Å². The molecule has 0 N–H and O–H groups in total. The van der Waals surface area contributed by atoms with Gasteiger partial charge in [-0.1, -0.05) is 36.4 Å². The molecule has 82 valence electrons. The van der Waals surface area contributed by atoms with Crippen molar-refractivity contribution in [1.29, 1.82) is 5.26 Å². The lowest BCUT2D eigenvalue weighted by atomic mass is 9.95. The number of nitriles is 1. The zero-order valence-corrected chi connectivity index (χ0v) is 9.39. The summed E-state index contributed by atoms with van der Waals surface area (Å²) in [5.41, 5.74) is 1.10. The largest absolute Gasteiger partial charge is 0.295 e. The molecule has 0 aliphatic heterocycles. The third-order valence-corrected chi connectivity index (χ3v) is 2.31. The second-order valence-corrected chi connectivity index (χ2v) is 3.69. The predicted molar refractivity (Wildman–Crippen MR) is 63.7 cm³/mol. The summed E-state index contributed by atoms with van der Waals surface area (Å²) >= 11 is 0. The third-order valence-electron chi connectivity index (χ3n) is 2.31. The second kappa shape index (κ2) is 6.58. The Kier molecular flexibility index (Phi) is 5.01. The maximum Gasteiger partial charge on any atom is 0.156 e. The Morgan fingerprint density at radius 3 is 2.69 bits per heavy atom. The topological polar surface area (TPSA) is 40.9 Å². The Morgan fingerprint density at radius 2 is 2.12 bits per heavy atom. The summed E-state index contributed by atoms with van der Waals surface area (Å²) in [6.07, 6.45) is 4.17. The molecule has 2 nitrogen and oxygen atoms in total. The highest BCUT2D eigenvalue weighted by atomic mass is 16.1. The van der Waals surface area contributed by atoms with E-state index in [1.165, 1.54) is 6.08 Å². The van der Waals surface area contributed by atoms with E-state index in [0.29, 0.717) is 12.8 Å². The number of benzene rings is 1. The Balaban J connectivity index is 2.57. The molecular weight excluding hydrogens is 198 g/mol. The predicted octanol–water partition coefficient (Wildman–Crippen LogP) is 2.90.